The summed E-state index contributed by atoms with van der Waals surface area (Å²) in [7, 11) is 0. The van der Waals surface area contributed by atoms with Crippen molar-refractivity contribution in [3.63, 3.8) is 0 Å². The van der Waals surface area contributed by atoms with Crippen LogP contribution in [0.25, 0.3) is 11.8 Å². The molecule has 0 amide bonds. The number of nitrogen functional groups attached to an aromatic ring is 2. The van der Waals surface area contributed by atoms with Crippen molar-refractivity contribution in [1.29, 1.82) is 5.26 Å². The Morgan fingerprint density at radius 2 is 1.60 bits per heavy atom. The number of hydrogen-bond acceptors (Lipinski definition) is 5. The Morgan fingerprint density at radius 1 is 0.975 bits per heavy atom. The van der Waals surface area contributed by atoms with E-state index >= 15 is 0 Å². The van der Waals surface area contributed by atoms with Gasteiger partial charge in [0.1, 0.15) is 11.5 Å². The molecule has 0 saturated carbocycles. The number of rotatable bonds is 11. The molecule has 0 spiro atoms. The van der Waals surface area contributed by atoms with Crippen molar-refractivity contribution in [1.82, 2.24) is 0 Å². The Hall–Kier alpha value is -4.78. The van der Waals surface area contributed by atoms with Crippen molar-refractivity contribution in [3.8, 4) is 11.8 Å². The van der Waals surface area contributed by atoms with Crippen LogP contribution < -0.4 is 16.2 Å². The Labute approximate surface area is 229 Å². The molecule has 0 fully saturated rings. The van der Waals surface area contributed by atoms with Gasteiger partial charge in [-0.1, -0.05) is 36.9 Å². The third kappa shape index (κ3) is 8.63. The fraction of sp³-hybridized carbons (Fsp3) is 0.200. The Balaban J connectivity index is 0.00000178. The van der Waals surface area contributed by atoms with E-state index in [1.807, 2.05) is 24.3 Å². The van der Waals surface area contributed by atoms with Crippen LogP contribution in [0.15, 0.2) is 55.1 Å². The molecule has 3 aromatic rings. The number of anilines is 2. The van der Waals surface area contributed by atoms with Crippen LogP contribution in [0.3, 0.4) is 0 Å². The van der Waals surface area contributed by atoms with Gasteiger partial charge in [-0.15, -0.1) is 0 Å². The molecule has 210 valence electrons. The fourth-order valence-electron chi connectivity index (χ4n) is 3.79. The van der Waals surface area contributed by atoms with Gasteiger partial charge in [0, 0.05) is 23.4 Å². The molecule has 10 heteroatoms. The van der Waals surface area contributed by atoms with Gasteiger partial charge in [-0.2, -0.15) is 5.26 Å². The van der Waals surface area contributed by atoms with Crippen LogP contribution in [-0.2, 0) is 17.6 Å². The lowest BCUT2D eigenvalue weighted by atomic mass is 10.0. The van der Waals surface area contributed by atoms with E-state index in [0.717, 1.165) is 24.0 Å². The number of allylic oxidation sites excluding steroid dienone is 1. The molecule has 0 aliphatic heterocycles. The molecule has 3 rings (SSSR count). The number of nitrogens with two attached hydrogens (primary N) is 2. The second-order valence-corrected chi connectivity index (χ2v) is 8.57. The molecule has 0 heterocycles. The van der Waals surface area contributed by atoms with Crippen molar-refractivity contribution in [2.45, 2.75) is 38.5 Å². The molecule has 5 N–H and O–H groups in total. The normalized spacial score (nSPS) is 10.5. The number of hydrogen-bond donors (Lipinski definition) is 3. The van der Waals surface area contributed by atoms with Crippen LogP contribution in [0, 0.1) is 34.6 Å². The lowest BCUT2D eigenvalue weighted by Gasteiger charge is -2.14. The highest BCUT2D eigenvalue weighted by Gasteiger charge is 2.27. The predicted octanol–water partition coefficient (Wildman–Crippen LogP) is 7.04. The first-order chi connectivity index (χ1) is 19.1. The number of carboxylic acid groups (broad SMARTS) is 1. The Bertz CT molecular complexity index is 1370. The van der Waals surface area contributed by atoms with Gasteiger partial charge in [0.2, 0.25) is 0 Å². The number of carbonyl (C=O) groups is 1. The number of nitrogens with zero attached hydrogens (tertiary/aromatic N) is 1. The summed E-state index contributed by atoms with van der Waals surface area (Å²) in [6.45, 7) is 3.21. The summed E-state index contributed by atoms with van der Waals surface area (Å²) >= 11 is 0. The van der Waals surface area contributed by atoms with Crippen molar-refractivity contribution >= 4 is 29.7 Å². The lowest BCUT2D eigenvalue weighted by Crippen LogP contribution is -2.10. The van der Waals surface area contributed by atoms with Crippen LogP contribution in [0.5, 0.6) is 5.75 Å². The maximum Gasteiger partial charge on any atom is 0.290 e. The molecule has 3 aromatic carbocycles. The predicted molar refractivity (Wildman–Crippen MR) is 147 cm³/mol. The summed E-state index contributed by atoms with van der Waals surface area (Å²) in [5.74, 6) is -6.49. The number of ether oxygens (including phenoxy) is 1. The smallest absolute Gasteiger partial charge is 0.290 e. The van der Waals surface area contributed by atoms with Gasteiger partial charge in [-0.3, -0.25) is 4.79 Å². The van der Waals surface area contributed by atoms with E-state index < -0.39 is 40.2 Å². The summed E-state index contributed by atoms with van der Waals surface area (Å²) in [6.07, 6.45) is 5.88. The topological polar surface area (TPSA) is 122 Å². The molecule has 0 aliphatic rings. The van der Waals surface area contributed by atoms with Crippen molar-refractivity contribution < 1.29 is 32.2 Å². The van der Waals surface area contributed by atoms with Gasteiger partial charge in [0.15, 0.2) is 23.3 Å². The highest BCUT2D eigenvalue weighted by molar-refractivity contribution is 5.62. The standard InChI is InChI=1S/C29H27F4N3O.CH2O2/c1-18(25-28(32)26(30)23(27(31)29(25)33)9-3-2-6-16-34)37-22-14-10-19(11-15-22)7-4-5-8-20-12-13-21(35)17-24(20)36;2-1-3/h4,7,10-15,17H,1-3,5-6,8-9,35-36H2;1H,(H,2,3)/b7-4+;. The summed E-state index contributed by atoms with van der Waals surface area (Å²) in [4.78, 5) is 8.36. The van der Waals surface area contributed by atoms with E-state index in [-0.39, 0.29) is 31.5 Å². The highest BCUT2D eigenvalue weighted by Crippen LogP contribution is 2.31. The monoisotopic (exact) mass is 555 g/mol. The summed E-state index contributed by atoms with van der Waals surface area (Å²) in [6, 6.07) is 13.9. The van der Waals surface area contributed by atoms with Gasteiger partial charge in [-0.05, 0) is 67.5 Å². The third-order valence-electron chi connectivity index (χ3n) is 5.78. The zero-order chi connectivity index (χ0) is 29.7. The molecule has 6 nitrogen and oxygen atoms in total. The molecule has 40 heavy (non-hydrogen) atoms. The number of halogens is 4. The average Bonchev–Trinajstić information content (AvgIpc) is 2.92. The first kappa shape index (κ1) is 31.4. The molecule has 0 saturated heterocycles. The van der Waals surface area contributed by atoms with E-state index in [2.05, 4.69) is 6.58 Å². The molecule has 0 aliphatic carbocycles. The van der Waals surface area contributed by atoms with Gasteiger partial charge >= 0.3 is 0 Å². The number of aryl methyl sites for hydroxylation is 1. The minimum absolute atomic E-state index is 0.185. The molecular formula is C30H29F4N3O3. The lowest BCUT2D eigenvalue weighted by molar-refractivity contribution is -0.122. The van der Waals surface area contributed by atoms with Crippen LogP contribution in [-0.4, -0.2) is 11.6 Å². The van der Waals surface area contributed by atoms with Gasteiger partial charge < -0.3 is 21.3 Å². The van der Waals surface area contributed by atoms with E-state index in [0.29, 0.717) is 17.8 Å². The largest absolute Gasteiger partial charge is 0.483 e. The van der Waals surface area contributed by atoms with Crippen LogP contribution >= 0.6 is 0 Å². The van der Waals surface area contributed by atoms with E-state index in [1.54, 1.807) is 36.4 Å². The number of nitriles is 1. The van der Waals surface area contributed by atoms with Crippen molar-refractivity contribution in [2.75, 3.05) is 11.5 Å². The zero-order valence-electron chi connectivity index (χ0n) is 21.6. The fourth-order valence-corrected chi connectivity index (χ4v) is 3.79. The number of benzene rings is 3. The first-order valence-corrected chi connectivity index (χ1v) is 12.2. The zero-order valence-corrected chi connectivity index (χ0v) is 21.6. The SMILES string of the molecule is C=C(Oc1ccc(/C=C/CCc2ccc(N)cc2N)cc1)c1c(F)c(F)c(CCCCC#N)c(F)c1F.O=CO. The summed E-state index contributed by atoms with van der Waals surface area (Å²) in [5, 5.41) is 15.4. The molecular weight excluding hydrogens is 526 g/mol. The maximum absolute atomic E-state index is 14.6. The van der Waals surface area contributed by atoms with E-state index in [4.69, 9.17) is 31.4 Å². The minimum atomic E-state index is -1.57. The molecule has 0 bridgehead atoms. The summed E-state index contributed by atoms with van der Waals surface area (Å²) < 4.78 is 63.7. The van der Waals surface area contributed by atoms with Crippen molar-refractivity contribution in [2.24, 2.45) is 0 Å². The second kappa shape index (κ2) is 15.6. The second-order valence-electron chi connectivity index (χ2n) is 8.57. The average molecular weight is 556 g/mol. The van der Waals surface area contributed by atoms with Gasteiger partial charge in [0.05, 0.1) is 11.6 Å². The molecule has 0 atom stereocenters. The van der Waals surface area contributed by atoms with E-state index in [1.165, 1.54) is 0 Å². The molecule has 0 aromatic heterocycles. The highest BCUT2D eigenvalue weighted by atomic mass is 19.2. The van der Waals surface area contributed by atoms with Crippen LogP contribution in [0.4, 0.5) is 28.9 Å². The molecule has 0 radical (unpaired) electrons. The first-order valence-electron chi connectivity index (χ1n) is 12.2. The van der Waals surface area contributed by atoms with Gasteiger partial charge in [0.25, 0.3) is 6.47 Å². The van der Waals surface area contributed by atoms with Crippen LogP contribution in [0.1, 0.15) is 47.9 Å². The maximum atomic E-state index is 14.6. The quantitative estimate of drug-likeness (QED) is 0.0583. The van der Waals surface area contributed by atoms with Crippen LogP contribution in [0.2, 0.25) is 0 Å². The Morgan fingerprint density at radius 3 is 2.17 bits per heavy atom. The van der Waals surface area contributed by atoms with E-state index in [9.17, 15) is 17.6 Å². The minimum Gasteiger partial charge on any atom is -0.483 e. The Kier molecular flexibility index (Phi) is 12.3. The molecule has 0 unspecified atom stereocenters. The number of unbranched alkanes of at least 4 members (excludes halogenated alkanes) is 2. The summed E-state index contributed by atoms with van der Waals surface area (Å²) in [5.41, 5.74) is 13.1. The van der Waals surface area contributed by atoms with Crippen molar-refractivity contribution in [3.05, 3.63) is 101 Å². The van der Waals surface area contributed by atoms with Gasteiger partial charge in [-0.25, -0.2) is 17.6 Å². The third-order valence-corrected chi connectivity index (χ3v) is 5.78.